The first-order chi connectivity index (χ1) is 12.5. The lowest BCUT2D eigenvalue weighted by Crippen LogP contribution is -2.59. The molecule has 2 N–H and O–H groups in total. The number of H-pyrrole nitrogens is 1. The number of ether oxygens (including phenoxy) is 1. The monoisotopic (exact) mass is 356 g/mol. The second-order valence-electron chi connectivity index (χ2n) is 7.45. The number of methoxy groups -OCH3 is 1. The van der Waals surface area contributed by atoms with Gasteiger partial charge in [-0.2, -0.15) is 0 Å². The van der Waals surface area contributed by atoms with E-state index in [4.69, 9.17) is 4.74 Å². The lowest BCUT2D eigenvalue weighted by molar-refractivity contribution is -0.894. The molecular weight excluding hydrogens is 332 g/mol. The molecule has 0 saturated carbocycles. The molecule has 1 fully saturated rings. The number of para-hydroxylation sites is 1. The number of benzene rings is 1. The van der Waals surface area contributed by atoms with Gasteiger partial charge in [0.05, 0.1) is 20.3 Å². The van der Waals surface area contributed by atoms with E-state index >= 15 is 0 Å². The zero-order chi connectivity index (χ0) is 18.5. The number of aliphatic hydroxyl groups excluding tert-OH is 1. The lowest BCUT2D eigenvalue weighted by atomic mass is 9.64. The van der Waals surface area contributed by atoms with Crippen LogP contribution in [0.1, 0.15) is 24.6 Å². The van der Waals surface area contributed by atoms with Crippen molar-refractivity contribution in [1.82, 2.24) is 4.98 Å². The Morgan fingerprint density at radius 1 is 1.46 bits per heavy atom. The molecule has 1 unspecified atom stereocenters. The maximum absolute atomic E-state index is 13.4. The summed E-state index contributed by atoms with van der Waals surface area (Å²) in [4.78, 5) is 16.4. The predicted octanol–water partition coefficient (Wildman–Crippen LogP) is 2.37. The van der Waals surface area contributed by atoms with E-state index < -0.39 is 11.4 Å². The van der Waals surface area contributed by atoms with Crippen molar-refractivity contribution in [3.05, 3.63) is 52.4 Å². The second kappa shape index (κ2) is 5.94. The molecule has 26 heavy (non-hydrogen) atoms. The number of hydrogen-bond acceptors (Lipinski definition) is 4. The molecule has 3 aliphatic rings. The molecule has 3 aliphatic heterocycles. The zero-order valence-electron chi connectivity index (χ0n) is 15.1. The van der Waals surface area contributed by atoms with Crippen molar-refractivity contribution >= 4 is 16.9 Å². The van der Waals surface area contributed by atoms with Crippen molar-refractivity contribution < 1.29 is 19.3 Å². The first-order valence-electron chi connectivity index (χ1n) is 9.00. The van der Waals surface area contributed by atoms with Gasteiger partial charge in [-0.15, -0.1) is 0 Å². The van der Waals surface area contributed by atoms with E-state index in [2.05, 4.69) is 4.98 Å². The number of nitrogens with zero attached hydrogens (tertiary/aromatic N) is 1. The number of aromatic amines is 1. The standard InChI is InChI=1S/C20H24N2O4/c1-3-13-10-22(25)9-8-16(13)20(12-23,19(24)26-2)18-15(11-22)14-6-4-5-7-17(14)21-18/h3-7,16,21,23H,8-12H2,1-2H3/b13-3-/t16-,20-,22?/m0/s1. The highest BCUT2D eigenvalue weighted by Crippen LogP contribution is 2.49. The number of piperidine rings is 1. The number of rotatable bonds is 2. The normalized spacial score (nSPS) is 32.3. The van der Waals surface area contributed by atoms with Gasteiger partial charge in [-0.3, -0.25) is 4.79 Å². The van der Waals surface area contributed by atoms with Gasteiger partial charge in [0.15, 0.2) is 0 Å². The molecule has 1 saturated heterocycles. The Hall–Kier alpha value is -2.15. The molecule has 0 amide bonds. The molecule has 138 valence electrons. The number of quaternary nitrogens is 1. The highest BCUT2D eigenvalue weighted by molar-refractivity contribution is 5.91. The Morgan fingerprint density at radius 2 is 2.23 bits per heavy atom. The summed E-state index contributed by atoms with van der Waals surface area (Å²) in [6, 6.07) is 7.73. The smallest absolute Gasteiger partial charge is 0.320 e. The maximum Gasteiger partial charge on any atom is 0.320 e. The van der Waals surface area contributed by atoms with E-state index in [0.717, 1.165) is 22.0 Å². The summed E-state index contributed by atoms with van der Waals surface area (Å²) < 4.78 is 4.85. The van der Waals surface area contributed by atoms with Gasteiger partial charge in [0.2, 0.25) is 0 Å². The Labute approximate surface area is 152 Å². The Morgan fingerprint density at radius 3 is 2.92 bits per heavy atom. The summed E-state index contributed by atoms with van der Waals surface area (Å²) in [5.74, 6) is -0.706. The summed E-state index contributed by atoms with van der Waals surface area (Å²) >= 11 is 0. The highest BCUT2D eigenvalue weighted by atomic mass is 16.5. The number of nitrogens with one attached hydrogen (secondary N) is 1. The molecule has 0 radical (unpaired) electrons. The molecule has 6 heteroatoms. The van der Waals surface area contributed by atoms with Crippen LogP contribution in [0.2, 0.25) is 0 Å². The van der Waals surface area contributed by atoms with Crippen LogP contribution in [0.25, 0.3) is 10.9 Å². The van der Waals surface area contributed by atoms with Gasteiger partial charge in [0.1, 0.15) is 18.5 Å². The first-order valence-corrected chi connectivity index (χ1v) is 9.00. The lowest BCUT2D eigenvalue weighted by Gasteiger charge is -2.53. The Bertz CT molecular complexity index is 902. The highest BCUT2D eigenvalue weighted by Gasteiger charge is 2.56. The molecule has 5 rings (SSSR count). The number of carbonyl (C=O) groups is 1. The maximum atomic E-state index is 13.4. The summed E-state index contributed by atoms with van der Waals surface area (Å²) in [6.07, 6.45) is 2.48. The van der Waals surface area contributed by atoms with Crippen LogP contribution in [-0.4, -0.2) is 47.5 Å². The van der Waals surface area contributed by atoms with E-state index in [-0.39, 0.29) is 23.7 Å². The third kappa shape index (κ3) is 2.19. The molecule has 0 spiro atoms. The van der Waals surface area contributed by atoms with Crippen molar-refractivity contribution in [2.75, 3.05) is 26.8 Å². The van der Waals surface area contributed by atoms with Crippen LogP contribution in [0.5, 0.6) is 0 Å². The van der Waals surface area contributed by atoms with E-state index in [0.29, 0.717) is 25.2 Å². The average molecular weight is 356 g/mol. The number of allylic oxidation sites excluding steroid dienone is 1. The van der Waals surface area contributed by atoms with E-state index in [1.54, 1.807) is 0 Å². The molecule has 1 aromatic heterocycles. The molecule has 2 bridgehead atoms. The van der Waals surface area contributed by atoms with E-state index in [9.17, 15) is 15.1 Å². The molecule has 2 aromatic rings. The fourth-order valence-electron chi connectivity index (χ4n) is 4.95. The number of aliphatic hydroxyl groups is 1. The SMILES string of the molecule is C/C=C1/C[N+]2([O-])CC[C@@H]1[C@](CO)(C(=O)OC)c1[nH]c3ccccc3c1C2. The van der Waals surface area contributed by atoms with Crippen LogP contribution in [0.4, 0.5) is 0 Å². The summed E-state index contributed by atoms with van der Waals surface area (Å²) in [6.45, 7) is 2.59. The summed E-state index contributed by atoms with van der Waals surface area (Å²) in [7, 11) is 1.35. The van der Waals surface area contributed by atoms with Gasteiger partial charge in [-0.25, -0.2) is 0 Å². The molecule has 1 aromatic carbocycles. The van der Waals surface area contributed by atoms with E-state index in [1.165, 1.54) is 7.11 Å². The first kappa shape index (κ1) is 17.3. The van der Waals surface area contributed by atoms with Crippen molar-refractivity contribution in [3.63, 3.8) is 0 Å². The van der Waals surface area contributed by atoms with Crippen molar-refractivity contribution in [2.45, 2.75) is 25.3 Å². The fourth-order valence-corrected chi connectivity index (χ4v) is 4.95. The third-order valence-corrected chi connectivity index (χ3v) is 6.21. The van der Waals surface area contributed by atoms with Gasteiger partial charge in [0.25, 0.3) is 0 Å². The van der Waals surface area contributed by atoms with Gasteiger partial charge in [-0.05, 0) is 18.6 Å². The van der Waals surface area contributed by atoms with Gasteiger partial charge in [0, 0.05) is 34.5 Å². The van der Waals surface area contributed by atoms with Crippen molar-refractivity contribution in [3.8, 4) is 0 Å². The van der Waals surface area contributed by atoms with Crippen LogP contribution in [0.15, 0.2) is 35.9 Å². The number of fused-ring (bicyclic) bond motifs is 3. The largest absolute Gasteiger partial charge is 0.632 e. The number of esters is 1. The van der Waals surface area contributed by atoms with Crippen molar-refractivity contribution in [2.24, 2.45) is 5.92 Å². The number of aromatic nitrogens is 1. The third-order valence-electron chi connectivity index (χ3n) is 6.21. The molecule has 3 atom stereocenters. The summed E-state index contributed by atoms with van der Waals surface area (Å²) in [5.41, 5.74) is 2.05. The molecule has 4 heterocycles. The Kier molecular flexibility index (Phi) is 3.95. The predicted molar refractivity (Wildman–Crippen MR) is 98.0 cm³/mol. The Balaban J connectivity index is 2.09. The molecule has 0 aliphatic carbocycles. The zero-order valence-corrected chi connectivity index (χ0v) is 15.1. The quantitative estimate of drug-likeness (QED) is 0.374. The summed E-state index contributed by atoms with van der Waals surface area (Å²) in [5, 5.41) is 24.9. The van der Waals surface area contributed by atoms with Crippen LogP contribution >= 0.6 is 0 Å². The minimum atomic E-state index is -1.21. The number of hydrogen-bond donors (Lipinski definition) is 2. The van der Waals surface area contributed by atoms with Gasteiger partial charge < -0.3 is 24.7 Å². The van der Waals surface area contributed by atoms with E-state index in [1.807, 2.05) is 37.3 Å². The van der Waals surface area contributed by atoms with Gasteiger partial charge >= 0.3 is 5.97 Å². The average Bonchev–Trinajstić information content (AvgIpc) is 3.00. The topological polar surface area (TPSA) is 85.4 Å². The van der Waals surface area contributed by atoms with Crippen LogP contribution in [0.3, 0.4) is 0 Å². The minimum absolute atomic E-state index is 0.253. The van der Waals surface area contributed by atoms with Crippen LogP contribution in [0, 0.1) is 11.1 Å². The second-order valence-corrected chi connectivity index (χ2v) is 7.45. The number of hydroxylamine groups is 3. The van der Waals surface area contributed by atoms with Crippen LogP contribution < -0.4 is 0 Å². The molecule has 6 nitrogen and oxygen atoms in total. The van der Waals surface area contributed by atoms with Gasteiger partial charge in [-0.1, -0.05) is 24.3 Å². The van der Waals surface area contributed by atoms with Crippen LogP contribution in [-0.2, 0) is 21.5 Å². The fraction of sp³-hybridized carbons (Fsp3) is 0.450. The minimum Gasteiger partial charge on any atom is -0.632 e. The molecular formula is C20H24N2O4. The number of carbonyl (C=O) groups excluding carboxylic acids is 1. The van der Waals surface area contributed by atoms with Crippen molar-refractivity contribution in [1.29, 1.82) is 0 Å².